The van der Waals surface area contributed by atoms with Gasteiger partial charge in [0.05, 0.1) is 10.9 Å². The summed E-state index contributed by atoms with van der Waals surface area (Å²) in [6.45, 7) is 12.7. The summed E-state index contributed by atoms with van der Waals surface area (Å²) in [7, 11) is 0. The number of thiophene rings is 1. The molecule has 0 aromatic carbocycles. The van der Waals surface area contributed by atoms with E-state index in [1.54, 1.807) is 38.3 Å². The Morgan fingerprint density at radius 2 is 1.82 bits per heavy atom. The number of hydrogen-bond acceptors (Lipinski definition) is 8. The van der Waals surface area contributed by atoms with Crippen LogP contribution < -0.4 is 27.0 Å². The van der Waals surface area contributed by atoms with E-state index in [1.165, 1.54) is 22.3 Å². The lowest BCUT2D eigenvalue weighted by atomic mass is 9.85. The molecule has 3 unspecified atom stereocenters. The van der Waals surface area contributed by atoms with Gasteiger partial charge in [0.1, 0.15) is 18.2 Å². The molecular formula is C27H40N6O6S. The van der Waals surface area contributed by atoms with Crippen molar-refractivity contribution in [2.75, 3.05) is 13.1 Å². The number of rotatable bonds is 12. The van der Waals surface area contributed by atoms with Crippen molar-refractivity contribution in [3.63, 3.8) is 0 Å². The first kappa shape index (κ1) is 32.6. The number of Topliss-reactive ketones (excluding diaryl/α,β-unsaturated/α-hetero) is 2. The smallest absolute Gasteiger partial charge is 0.316 e. The number of carbonyl (C=O) groups excluding carboxylic acids is 6. The summed E-state index contributed by atoms with van der Waals surface area (Å²) in [5.74, 6) is -3.60. The molecule has 1 aromatic rings. The van der Waals surface area contributed by atoms with Gasteiger partial charge in [0, 0.05) is 13.1 Å². The van der Waals surface area contributed by atoms with Gasteiger partial charge in [0.2, 0.25) is 11.8 Å². The number of urea groups is 1. The molecule has 0 radical (unpaired) electrons. The lowest BCUT2D eigenvalue weighted by Gasteiger charge is -2.36. The number of nitrogens with zero attached hydrogens (tertiary/aromatic N) is 1. The van der Waals surface area contributed by atoms with Crippen molar-refractivity contribution < 1.29 is 28.8 Å². The van der Waals surface area contributed by atoms with E-state index in [0.717, 1.165) is 0 Å². The molecule has 1 aliphatic rings. The molecule has 40 heavy (non-hydrogen) atoms. The van der Waals surface area contributed by atoms with Crippen LogP contribution in [0.2, 0.25) is 0 Å². The molecule has 13 heteroatoms. The number of nitrogens with two attached hydrogens (primary N) is 1. The van der Waals surface area contributed by atoms with Crippen LogP contribution >= 0.6 is 11.3 Å². The fraction of sp³-hybridized carbons (Fsp3) is 0.556. The van der Waals surface area contributed by atoms with E-state index in [1.807, 2.05) is 13.8 Å². The minimum absolute atomic E-state index is 0.0605. The Morgan fingerprint density at radius 1 is 1.15 bits per heavy atom. The average molecular weight is 577 g/mol. The monoisotopic (exact) mass is 576 g/mol. The molecule has 1 aromatic heterocycles. The van der Waals surface area contributed by atoms with Crippen LogP contribution in [0.4, 0.5) is 4.79 Å². The van der Waals surface area contributed by atoms with E-state index < -0.39 is 59.2 Å². The predicted octanol–water partition coefficient (Wildman–Crippen LogP) is 0.933. The van der Waals surface area contributed by atoms with E-state index in [4.69, 9.17) is 5.73 Å². The first-order valence-electron chi connectivity index (χ1n) is 13.1. The van der Waals surface area contributed by atoms with Gasteiger partial charge in [0.25, 0.3) is 11.7 Å². The van der Waals surface area contributed by atoms with Crippen molar-refractivity contribution in [2.45, 2.75) is 71.8 Å². The summed E-state index contributed by atoms with van der Waals surface area (Å²) in [5, 5.41) is 11.8. The number of amides is 5. The molecule has 1 aliphatic heterocycles. The van der Waals surface area contributed by atoms with Gasteiger partial charge in [-0.2, -0.15) is 0 Å². The summed E-state index contributed by atoms with van der Waals surface area (Å²) in [6.07, 6.45) is 0.628. The molecule has 0 aliphatic carbocycles. The Bertz CT molecular complexity index is 1110. The van der Waals surface area contributed by atoms with Gasteiger partial charge in [0.15, 0.2) is 5.78 Å². The van der Waals surface area contributed by atoms with Gasteiger partial charge in [-0.1, -0.05) is 46.8 Å². The highest BCUT2D eigenvalue weighted by Crippen LogP contribution is 2.26. The van der Waals surface area contributed by atoms with Gasteiger partial charge in [-0.15, -0.1) is 17.9 Å². The third-order valence-corrected chi connectivity index (χ3v) is 7.32. The Hall–Kier alpha value is -3.58. The maximum absolute atomic E-state index is 13.7. The zero-order chi connectivity index (χ0) is 30.2. The molecule has 12 nitrogen and oxygen atoms in total. The van der Waals surface area contributed by atoms with Crippen LogP contribution in [0, 0.1) is 11.3 Å². The van der Waals surface area contributed by atoms with Crippen LogP contribution in [0.15, 0.2) is 30.2 Å². The maximum atomic E-state index is 13.7. The van der Waals surface area contributed by atoms with E-state index in [9.17, 15) is 28.8 Å². The number of ketones is 2. The molecule has 1 fully saturated rings. The van der Waals surface area contributed by atoms with Crippen LogP contribution in [0.25, 0.3) is 0 Å². The van der Waals surface area contributed by atoms with Crippen molar-refractivity contribution >= 4 is 46.7 Å². The van der Waals surface area contributed by atoms with E-state index in [0.29, 0.717) is 17.7 Å². The zero-order valence-corrected chi connectivity index (χ0v) is 24.4. The first-order chi connectivity index (χ1) is 18.7. The fourth-order valence-electron chi connectivity index (χ4n) is 4.25. The van der Waals surface area contributed by atoms with Crippen LogP contribution in [0.5, 0.6) is 0 Å². The second-order valence-corrected chi connectivity index (χ2v) is 12.0. The summed E-state index contributed by atoms with van der Waals surface area (Å²) >= 11 is 1.28. The van der Waals surface area contributed by atoms with E-state index in [-0.39, 0.29) is 24.8 Å². The molecule has 4 atom stereocenters. The Kier molecular flexibility index (Phi) is 11.6. The average Bonchev–Trinajstić information content (AvgIpc) is 3.59. The predicted molar refractivity (Wildman–Crippen MR) is 151 cm³/mol. The Labute approximate surface area is 238 Å². The second kappa shape index (κ2) is 14.2. The topological polar surface area (TPSA) is 180 Å². The van der Waals surface area contributed by atoms with Crippen LogP contribution in [-0.4, -0.2) is 77.6 Å². The fourth-order valence-corrected chi connectivity index (χ4v) is 4.95. The molecule has 2 rings (SSSR count). The lowest BCUT2D eigenvalue weighted by molar-refractivity contribution is -0.143. The van der Waals surface area contributed by atoms with Crippen molar-refractivity contribution in [2.24, 2.45) is 17.1 Å². The SMILES string of the molecule is C=CCNC(=O)C(=O)C(N)NC(=O)[C@@H]1CCCN1C(=O)C(NC(=O)NC(C(=O)c1cccs1)C(C)C)C(C)(C)C. The summed E-state index contributed by atoms with van der Waals surface area (Å²) in [4.78, 5) is 78.6. The summed E-state index contributed by atoms with van der Waals surface area (Å²) in [6, 6.07) is -0.0219. The molecule has 220 valence electrons. The number of likely N-dealkylation sites (tertiary alicyclic amines) is 1. The molecule has 0 saturated carbocycles. The third kappa shape index (κ3) is 8.46. The Morgan fingerprint density at radius 3 is 2.38 bits per heavy atom. The van der Waals surface area contributed by atoms with Crippen molar-refractivity contribution in [1.82, 2.24) is 26.2 Å². The van der Waals surface area contributed by atoms with Gasteiger partial charge in [-0.05, 0) is 35.6 Å². The Balaban J connectivity index is 2.13. The van der Waals surface area contributed by atoms with E-state index >= 15 is 0 Å². The minimum Gasteiger partial charge on any atom is -0.346 e. The normalized spacial score (nSPS) is 17.4. The third-order valence-electron chi connectivity index (χ3n) is 6.44. The molecule has 2 heterocycles. The van der Waals surface area contributed by atoms with Crippen LogP contribution in [0.3, 0.4) is 0 Å². The molecule has 5 amide bonds. The van der Waals surface area contributed by atoms with E-state index in [2.05, 4.69) is 27.8 Å². The molecule has 0 bridgehead atoms. The maximum Gasteiger partial charge on any atom is 0.316 e. The largest absolute Gasteiger partial charge is 0.346 e. The van der Waals surface area contributed by atoms with Crippen molar-refractivity contribution in [3.8, 4) is 0 Å². The number of carbonyl (C=O) groups is 6. The zero-order valence-electron chi connectivity index (χ0n) is 23.6. The highest BCUT2D eigenvalue weighted by atomic mass is 32.1. The van der Waals surface area contributed by atoms with Gasteiger partial charge >= 0.3 is 6.03 Å². The van der Waals surface area contributed by atoms with Crippen LogP contribution in [-0.2, 0) is 19.2 Å². The minimum atomic E-state index is -1.59. The van der Waals surface area contributed by atoms with Gasteiger partial charge in [-0.3, -0.25) is 24.0 Å². The standard InChI is InChI=1S/C27H40N6O6S/c1-7-12-29-24(37)20(35)22(28)32-23(36)16-10-8-13-33(16)25(38)21(27(4,5)6)31-26(39)30-18(15(2)3)19(34)17-11-9-14-40-17/h7,9,11,14-16,18,21-22H,1,8,10,12-13,28H2,2-6H3,(H,29,37)(H,32,36)(H2,30,31,39)/t16-,18?,21?,22?/m0/s1. The molecule has 0 spiro atoms. The van der Waals surface area contributed by atoms with Crippen molar-refractivity contribution in [1.29, 1.82) is 0 Å². The van der Waals surface area contributed by atoms with Gasteiger partial charge in [-0.25, -0.2) is 4.79 Å². The highest BCUT2D eigenvalue weighted by molar-refractivity contribution is 7.12. The summed E-state index contributed by atoms with van der Waals surface area (Å²) < 4.78 is 0. The second-order valence-electron chi connectivity index (χ2n) is 11.0. The number of nitrogens with one attached hydrogen (secondary N) is 4. The number of hydrogen-bond donors (Lipinski definition) is 5. The quantitative estimate of drug-likeness (QED) is 0.106. The molecule has 6 N–H and O–H groups in total. The lowest BCUT2D eigenvalue weighted by Crippen LogP contribution is -2.61. The molecular weight excluding hydrogens is 536 g/mol. The highest BCUT2D eigenvalue weighted by Gasteiger charge is 2.43. The first-order valence-corrected chi connectivity index (χ1v) is 14.0. The van der Waals surface area contributed by atoms with Gasteiger partial charge < -0.3 is 31.9 Å². The molecule has 1 saturated heterocycles. The van der Waals surface area contributed by atoms with Crippen LogP contribution in [0.1, 0.15) is 57.1 Å². The van der Waals surface area contributed by atoms with Crippen molar-refractivity contribution in [3.05, 3.63) is 35.0 Å². The summed E-state index contributed by atoms with van der Waals surface area (Å²) in [5.41, 5.74) is 4.99.